The Kier molecular flexibility index (Phi) is 4.58. The summed E-state index contributed by atoms with van der Waals surface area (Å²) < 4.78 is 5.75. The van der Waals surface area contributed by atoms with Crippen LogP contribution in [0.4, 0.5) is 0 Å². The maximum atomic E-state index is 5.75. The fraction of sp³-hybridized carbons (Fsp3) is 0.562. The smallest absolute Gasteiger partial charge is 0.109 e. The van der Waals surface area contributed by atoms with Crippen LogP contribution >= 0.6 is 12.2 Å². The van der Waals surface area contributed by atoms with Gasteiger partial charge in [-0.05, 0) is 25.3 Å². The van der Waals surface area contributed by atoms with E-state index in [2.05, 4.69) is 56.9 Å². The third kappa shape index (κ3) is 3.54. The van der Waals surface area contributed by atoms with Crippen molar-refractivity contribution in [2.45, 2.75) is 45.8 Å². The second-order valence-corrected chi connectivity index (χ2v) is 6.13. The standard InChI is InChI=1S/C16H23NOS/c1-11(2)14-5-7-15(8-6-14)16(19)17-9-12(3)18-13(4)10-17/h5-8,11-13H,9-10H2,1-4H3/t12-,13-/m0/s1. The summed E-state index contributed by atoms with van der Waals surface area (Å²) in [5, 5.41) is 0. The first-order valence-corrected chi connectivity index (χ1v) is 7.43. The number of rotatable bonds is 2. The van der Waals surface area contributed by atoms with E-state index in [1.165, 1.54) is 5.56 Å². The molecule has 0 aliphatic carbocycles. The van der Waals surface area contributed by atoms with E-state index in [-0.39, 0.29) is 12.2 Å². The molecule has 2 rings (SSSR count). The topological polar surface area (TPSA) is 12.5 Å². The van der Waals surface area contributed by atoms with Crippen LogP contribution in [0.1, 0.15) is 44.7 Å². The van der Waals surface area contributed by atoms with Crippen LogP contribution in [0.5, 0.6) is 0 Å². The van der Waals surface area contributed by atoms with E-state index in [0.717, 1.165) is 23.6 Å². The lowest BCUT2D eigenvalue weighted by Gasteiger charge is -2.37. The Labute approximate surface area is 121 Å². The highest BCUT2D eigenvalue weighted by Crippen LogP contribution is 2.18. The van der Waals surface area contributed by atoms with Crippen LogP contribution in [0.3, 0.4) is 0 Å². The fourth-order valence-electron chi connectivity index (χ4n) is 2.54. The summed E-state index contributed by atoms with van der Waals surface area (Å²) in [6, 6.07) is 8.64. The van der Waals surface area contributed by atoms with Crippen molar-refractivity contribution in [1.82, 2.24) is 4.90 Å². The van der Waals surface area contributed by atoms with Crippen molar-refractivity contribution >= 4 is 17.2 Å². The summed E-state index contributed by atoms with van der Waals surface area (Å²) in [4.78, 5) is 3.20. The van der Waals surface area contributed by atoms with Crippen molar-refractivity contribution in [1.29, 1.82) is 0 Å². The number of thiocarbonyl (C=S) groups is 1. The molecule has 2 nitrogen and oxygen atoms in total. The highest BCUT2D eigenvalue weighted by molar-refractivity contribution is 7.80. The lowest BCUT2D eigenvalue weighted by Crippen LogP contribution is -2.47. The molecule has 104 valence electrons. The van der Waals surface area contributed by atoms with Crippen LogP contribution in [0.15, 0.2) is 24.3 Å². The third-order valence-electron chi connectivity index (χ3n) is 3.53. The number of ether oxygens (including phenoxy) is 1. The number of hydrogen-bond donors (Lipinski definition) is 0. The van der Waals surface area contributed by atoms with Gasteiger partial charge in [-0.3, -0.25) is 0 Å². The van der Waals surface area contributed by atoms with E-state index in [1.54, 1.807) is 0 Å². The molecule has 0 bridgehead atoms. The molecule has 1 aromatic carbocycles. The van der Waals surface area contributed by atoms with Crippen LogP contribution in [0, 0.1) is 0 Å². The molecule has 0 amide bonds. The van der Waals surface area contributed by atoms with Crippen molar-refractivity contribution in [3.63, 3.8) is 0 Å². The molecule has 2 atom stereocenters. The fourth-order valence-corrected chi connectivity index (χ4v) is 2.82. The number of hydrogen-bond acceptors (Lipinski definition) is 2. The number of nitrogens with zero attached hydrogens (tertiary/aromatic N) is 1. The SMILES string of the molecule is CC(C)c1ccc(C(=S)N2C[C@H](C)O[C@@H](C)C2)cc1. The summed E-state index contributed by atoms with van der Waals surface area (Å²) in [6.07, 6.45) is 0.494. The van der Waals surface area contributed by atoms with Crippen molar-refractivity contribution in [3.8, 4) is 0 Å². The molecular weight excluding hydrogens is 254 g/mol. The molecule has 1 aromatic rings. The number of benzene rings is 1. The Bertz CT molecular complexity index is 431. The van der Waals surface area contributed by atoms with Gasteiger partial charge in [0.15, 0.2) is 0 Å². The summed E-state index contributed by atoms with van der Waals surface area (Å²) in [7, 11) is 0. The van der Waals surface area contributed by atoms with E-state index < -0.39 is 0 Å². The molecule has 0 spiro atoms. The highest BCUT2D eigenvalue weighted by atomic mass is 32.1. The van der Waals surface area contributed by atoms with Crippen molar-refractivity contribution < 1.29 is 4.74 Å². The van der Waals surface area contributed by atoms with E-state index in [1.807, 2.05) is 0 Å². The van der Waals surface area contributed by atoms with Gasteiger partial charge in [-0.2, -0.15) is 0 Å². The predicted molar refractivity (Wildman–Crippen MR) is 83.8 cm³/mol. The van der Waals surface area contributed by atoms with Gasteiger partial charge in [0.2, 0.25) is 0 Å². The largest absolute Gasteiger partial charge is 0.372 e. The third-order valence-corrected chi connectivity index (χ3v) is 4.03. The molecule has 0 unspecified atom stereocenters. The Balaban J connectivity index is 2.10. The molecule has 0 radical (unpaired) electrons. The minimum absolute atomic E-state index is 0.247. The molecule has 3 heteroatoms. The maximum absolute atomic E-state index is 5.75. The van der Waals surface area contributed by atoms with E-state index in [0.29, 0.717) is 5.92 Å². The monoisotopic (exact) mass is 277 g/mol. The minimum atomic E-state index is 0.247. The molecule has 1 aliphatic rings. The summed E-state index contributed by atoms with van der Waals surface area (Å²) in [5.74, 6) is 0.561. The van der Waals surface area contributed by atoms with Gasteiger partial charge in [-0.1, -0.05) is 50.3 Å². The molecule has 0 saturated carbocycles. The lowest BCUT2D eigenvalue weighted by atomic mass is 10.0. The minimum Gasteiger partial charge on any atom is -0.372 e. The molecule has 19 heavy (non-hydrogen) atoms. The second-order valence-electron chi connectivity index (χ2n) is 5.74. The summed E-state index contributed by atoms with van der Waals surface area (Å²) in [5.41, 5.74) is 2.50. The van der Waals surface area contributed by atoms with Crippen molar-refractivity contribution in [2.75, 3.05) is 13.1 Å². The maximum Gasteiger partial charge on any atom is 0.109 e. The van der Waals surface area contributed by atoms with Gasteiger partial charge in [-0.15, -0.1) is 0 Å². The molecule has 1 fully saturated rings. The van der Waals surface area contributed by atoms with Crippen LogP contribution < -0.4 is 0 Å². The van der Waals surface area contributed by atoms with Crippen LogP contribution in [0.25, 0.3) is 0 Å². The Morgan fingerprint density at radius 1 is 1.16 bits per heavy atom. The van der Waals surface area contributed by atoms with Gasteiger partial charge >= 0.3 is 0 Å². The van der Waals surface area contributed by atoms with Crippen LogP contribution in [0.2, 0.25) is 0 Å². The van der Waals surface area contributed by atoms with Crippen molar-refractivity contribution in [3.05, 3.63) is 35.4 Å². The van der Waals surface area contributed by atoms with Gasteiger partial charge < -0.3 is 9.64 Å². The first-order valence-electron chi connectivity index (χ1n) is 7.02. The van der Waals surface area contributed by atoms with E-state index in [9.17, 15) is 0 Å². The highest BCUT2D eigenvalue weighted by Gasteiger charge is 2.24. The molecule has 0 aromatic heterocycles. The first kappa shape index (κ1) is 14.5. The quantitative estimate of drug-likeness (QED) is 0.767. The zero-order chi connectivity index (χ0) is 14.0. The van der Waals surface area contributed by atoms with E-state index >= 15 is 0 Å². The normalized spacial score (nSPS) is 23.7. The summed E-state index contributed by atoms with van der Waals surface area (Å²) >= 11 is 5.63. The zero-order valence-corrected chi connectivity index (χ0v) is 13.0. The molecule has 1 saturated heterocycles. The van der Waals surface area contributed by atoms with Gasteiger partial charge in [0.25, 0.3) is 0 Å². The van der Waals surface area contributed by atoms with Gasteiger partial charge in [-0.25, -0.2) is 0 Å². The average Bonchev–Trinajstić information content (AvgIpc) is 2.37. The first-order chi connectivity index (χ1) is 8.97. The van der Waals surface area contributed by atoms with Crippen LogP contribution in [-0.2, 0) is 4.74 Å². The second kappa shape index (κ2) is 6.02. The molecule has 0 N–H and O–H groups in total. The van der Waals surface area contributed by atoms with E-state index in [4.69, 9.17) is 17.0 Å². The predicted octanol–water partition coefficient (Wildman–Crippen LogP) is 3.59. The molecule has 1 aliphatic heterocycles. The zero-order valence-electron chi connectivity index (χ0n) is 12.2. The van der Waals surface area contributed by atoms with Gasteiger partial charge in [0.1, 0.15) is 4.99 Å². The average molecular weight is 277 g/mol. The Hall–Kier alpha value is -0.930. The Morgan fingerprint density at radius 3 is 2.16 bits per heavy atom. The lowest BCUT2D eigenvalue weighted by molar-refractivity contribution is -0.0472. The molecular formula is C16H23NOS. The van der Waals surface area contributed by atoms with Crippen LogP contribution in [-0.4, -0.2) is 35.2 Å². The summed E-state index contributed by atoms with van der Waals surface area (Å²) in [6.45, 7) is 10.4. The van der Waals surface area contributed by atoms with Gasteiger partial charge in [0.05, 0.1) is 12.2 Å². The number of morpholine rings is 1. The molecule has 1 heterocycles. The van der Waals surface area contributed by atoms with Gasteiger partial charge in [0, 0.05) is 18.7 Å². The Morgan fingerprint density at radius 2 is 1.68 bits per heavy atom. The van der Waals surface area contributed by atoms with Crippen molar-refractivity contribution in [2.24, 2.45) is 0 Å².